The number of hydrogen-bond acceptors (Lipinski definition) is 12. The number of rotatable bonds is 12. The minimum Gasteiger partial charge on any atom is -0.464 e. The Morgan fingerprint density at radius 3 is 2.24 bits per heavy atom. The number of nitrogens with one attached hydrogen (secondary N) is 3. The van der Waals surface area contributed by atoms with Crippen LogP contribution < -0.4 is 20.3 Å². The molecule has 3 heterocycles. The summed E-state index contributed by atoms with van der Waals surface area (Å²) in [6.07, 6.45) is 0.363. The molecule has 1 aliphatic rings. The minimum absolute atomic E-state index is 0.0345. The van der Waals surface area contributed by atoms with E-state index in [1.807, 2.05) is 30.5 Å². The van der Waals surface area contributed by atoms with Crippen LogP contribution in [0.3, 0.4) is 0 Å². The first-order chi connectivity index (χ1) is 29.3. The number of ether oxygens (including phenoxy) is 2. The Bertz CT molecular complexity index is 2680. The van der Waals surface area contributed by atoms with Gasteiger partial charge in [-0.3, -0.25) is 24.0 Å². The average molecular weight is 883 g/mol. The maximum absolute atomic E-state index is 14.8. The normalized spacial score (nSPS) is 12.3. The monoisotopic (exact) mass is 882 g/mol. The molecule has 0 saturated heterocycles. The van der Waals surface area contributed by atoms with Crippen LogP contribution >= 0.6 is 11.3 Å². The standard InChI is InChI=1S/C44H46N6O10S2/c1-8-17-45-41(52)35-14-13-31(38(47-35)42(53)59-7)32-23-36-34(39-28(16-19-61-39)15-18-49(36)62(57,58)30-11-9-29(10-12-30)50(55)56)22-33(32)40(51)48-37-25(2)20-27(21-26(37)3)24-46-43(54)60-44(4,5)6/h9-14,16,19-23H,8,15,17-18,24H2,1-7H3,(H,45,52)(H,46,54)(H,48,51). The van der Waals surface area contributed by atoms with Gasteiger partial charge in [-0.05, 0) is 123 Å². The Labute approximate surface area is 362 Å². The van der Waals surface area contributed by atoms with Crippen molar-refractivity contribution in [2.45, 2.75) is 71.4 Å². The number of carbonyl (C=O) groups excluding carboxylic acids is 4. The van der Waals surface area contributed by atoms with Crippen LogP contribution in [0.25, 0.3) is 21.6 Å². The van der Waals surface area contributed by atoms with Crippen LogP contribution in [0, 0.1) is 24.0 Å². The number of nitrogens with zero attached hydrogens (tertiary/aromatic N) is 3. The zero-order chi connectivity index (χ0) is 45.1. The van der Waals surface area contributed by atoms with Gasteiger partial charge in [-0.15, -0.1) is 11.3 Å². The van der Waals surface area contributed by atoms with E-state index < -0.39 is 44.4 Å². The van der Waals surface area contributed by atoms with E-state index in [0.717, 1.165) is 30.4 Å². The molecule has 3 N–H and O–H groups in total. The summed E-state index contributed by atoms with van der Waals surface area (Å²) in [6, 6.07) is 16.0. The number of alkyl carbamates (subject to hydrolysis) is 1. The highest BCUT2D eigenvalue weighted by Crippen LogP contribution is 2.46. The fraction of sp³-hybridized carbons (Fsp3) is 0.295. The second-order valence-electron chi connectivity index (χ2n) is 15.5. The van der Waals surface area contributed by atoms with E-state index in [2.05, 4.69) is 20.9 Å². The maximum atomic E-state index is 14.8. The number of anilines is 2. The Morgan fingerprint density at radius 2 is 1.61 bits per heavy atom. The van der Waals surface area contributed by atoms with Crippen molar-refractivity contribution in [3.8, 4) is 21.6 Å². The topological polar surface area (TPSA) is 216 Å². The lowest BCUT2D eigenvalue weighted by Crippen LogP contribution is -2.33. The van der Waals surface area contributed by atoms with Crippen molar-refractivity contribution in [1.29, 1.82) is 0 Å². The number of fused-ring (bicyclic) bond motifs is 3. The molecule has 3 amide bonds. The number of amides is 3. The highest BCUT2D eigenvalue weighted by atomic mass is 32.2. The van der Waals surface area contributed by atoms with Gasteiger partial charge in [-0.2, -0.15) is 0 Å². The molecule has 0 radical (unpaired) electrons. The third-order valence-corrected chi connectivity index (χ3v) is 12.7. The second kappa shape index (κ2) is 18.1. The van der Waals surface area contributed by atoms with Crippen LogP contribution in [0.15, 0.2) is 77.0 Å². The molecule has 324 valence electrons. The van der Waals surface area contributed by atoms with E-state index in [-0.39, 0.29) is 57.4 Å². The molecule has 6 rings (SSSR count). The number of pyridine rings is 1. The number of hydrogen-bond donors (Lipinski definition) is 3. The van der Waals surface area contributed by atoms with Crippen LogP contribution in [0.5, 0.6) is 0 Å². The third-order valence-electron chi connectivity index (χ3n) is 9.86. The van der Waals surface area contributed by atoms with Gasteiger partial charge in [-0.1, -0.05) is 19.1 Å². The number of sulfonamides is 1. The number of aryl methyl sites for hydroxylation is 2. The zero-order valence-electron chi connectivity index (χ0n) is 35.2. The van der Waals surface area contributed by atoms with Crippen molar-refractivity contribution in [2.24, 2.45) is 0 Å². The summed E-state index contributed by atoms with van der Waals surface area (Å²) in [5, 5.41) is 21.8. The van der Waals surface area contributed by atoms with Crippen molar-refractivity contribution in [1.82, 2.24) is 15.6 Å². The molecular weight excluding hydrogens is 837 g/mol. The molecule has 1 aliphatic heterocycles. The summed E-state index contributed by atoms with van der Waals surface area (Å²) in [6.45, 7) is 11.3. The van der Waals surface area contributed by atoms with E-state index in [1.54, 1.807) is 40.7 Å². The molecule has 2 aromatic heterocycles. The largest absolute Gasteiger partial charge is 0.464 e. The van der Waals surface area contributed by atoms with Gasteiger partial charge in [0, 0.05) is 59.0 Å². The summed E-state index contributed by atoms with van der Waals surface area (Å²) in [7, 11) is -3.24. The molecule has 18 heteroatoms. The maximum Gasteiger partial charge on any atom is 0.407 e. The number of aromatic nitrogens is 1. The first-order valence-electron chi connectivity index (χ1n) is 19.6. The van der Waals surface area contributed by atoms with Crippen LogP contribution in [0.4, 0.5) is 21.9 Å². The smallest absolute Gasteiger partial charge is 0.407 e. The highest BCUT2D eigenvalue weighted by molar-refractivity contribution is 7.92. The summed E-state index contributed by atoms with van der Waals surface area (Å²) in [4.78, 5) is 69.5. The number of benzene rings is 3. The fourth-order valence-electron chi connectivity index (χ4n) is 7.02. The molecule has 0 unspecified atom stereocenters. The molecule has 5 aromatic rings. The summed E-state index contributed by atoms with van der Waals surface area (Å²) < 4.78 is 40.8. The lowest BCUT2D eigenvalue weighted by Gasteiger charge is -2.26. The number of non-ortho nitro benzene ring substituents is 1. The number of esters is 1. The SMILES string of the molecule is CCCNC(=O)c1ccc(-c2cc3c(cc2C(=O)Nc2c(C)cc(CNC(=O)OC(C)(C)C)cc2C)-c2sccc2CCN3S(=O)(=O)c2ccc([N+](=O)[O-])cc2)c(C(=O)OC)n1. The van der Waals surface area contributed by atoms with E-state index >= 15 is 0 Å². The number of methoxy groups -OCH3 is 1. The van der Waals surface area contributed by atoms with Crippen molar-refractivity contribution in [3.05, 3.63) is 121 Å². The molecule has 0 saturated carbocycles. The fourth-order valence-corrected chi connectivity index (χ4v) is 9.48. The van der Waals surface area contributed by atoms with Gasteiger partial charge in [0.15, 0.2) is 5.69 Å². The van der Waals surface area contributed by atoms with Gasteiger partial charge in [0.2, 0.25) is 0 Å². The first-order valence-corrected chi connectivity index (χ1v) is 21.9. The second-order valence-corrected chi connectivity index (χ2v) is 18.3. The summed E-state index contributed by atoms with van der Waals surface area (Å²) in [5.74, 6) is -2.06. The quantitative estimate of drug-likeness (QED) is 0.0621. The van der Waals surface area contributed by atoms with Gasteiger partial charge >= 0.3 is 12.1 Å². The van der Waals surface area contributed by atoms with E-state index in [0.29, 0.717) is 46.6 Å². The molecule has 62 heavy (non-hydrogen) atoms. The van der Waals surface area contributed by atoms with Gasteiger partial charge in [-0.25, -0.2) is 23.0 Å². The molecule has 16 nitrogen and oxygen atoms in total. The molecule has 0 aliphatic carbocycles. The Morgan fingerprint density at radius 1 is 0.919 bits per heavy atom. The Hall–Kier alpha value is -6.66. The van der Waals surface area contributed by atoms with Gasteiger partial charge in [0.05, 0.1) is 22.6 Å². The molecule has 3 aromatic carbocycles. The molecule has 0 spiro atoms. The van der Waals surface area contributed by atoms with Gasteiger partial charge in [0.1, 0.15) is 11.3 Å². The number of nitro groups is 1. The lowest BCUT2D eigenvalue weighted by atomic mass is 9.93. The highest BCUT2D eigenvalue weighted by Gasteiger charge is 2.34. The van der Waals surface area contributed by atoms with E-state index in [9.17, 15) is 37.7 Å². The average Bonchev–Trinajstić information content (AvgIpc) is 3.64. The molecular formula is C44H46N6O10S2. The number of thiophene rings is 1. The van der Waals surface area contributed by atoms with Crippen molar-refractivity contribution < 1.29 is 42.0 Å². The van der Waals surface area contributed by atoms with Crippen molar-refractivity contribution in [2.75, 3.05) is 29.8 Å². The first kappa shape index (κ1) is 44.9. The van der Waals surface area contributed by atoms with E-state index in [1.165, 1.54) is 46.0 Å². The van der Waals surface area contributed by atoms with Gasteiger partial charge < -0.3 is 25.4 Å². The van der Waals surface area contributed by atoms with E-state index in [4.69, 9.17) is 9.47 Å². The summed E-state index contributed by atoms with van der Waals surface area (Å²) in [5.41, 5.74) is 2.89. The van der Waals surface area contributed by atoms with Crippen LogP contribution in [-0.4, -0.2) is 68.0 Å². The third kappa shape index (κ3) is 9.61. The lowest BCUT2D eigenvalue weighted by molar-refractivity contribution is -0.384. The Kier molecular flexibility index (Phi) is 13.1. The number of carbonyl (C=O) groups is 4. The molecule has 0 bridgehead atoms. The zero-order valence-corrected chi connectivity index (χ0v) is 36.8. The van der Waals surface area contributed by atoms with Crippen molar-refractivity contribution in [3.63, 3.8) is 0 Å². The number of nitro benzene ring substituents is 1. The van der Waals surface area contributed by atoms with Crippen LogP contribution in [0.2, 0.25) is 0 Å². The predicted molar refractivity (Wildman–Crippen MR) is 235 cm³/mol. The molecule has 0 fully saturated rings. The Balaban J connectivity index is 1.53. The van der Waals surface area contributed by atoms with Crippen LogP contribution in [0.1, 0.15) is 87.7 Å². The van der Waals surface area contributed by atoms with Crippen molar-refractivity contribution >= 4 is 62.3 Å². The van der Waals surface area contributed by atoms with Crippen LogP contribution in [-0.2, 0) is 32.5 Å². The minimum atomic E-state index is -4.39. The molecule has 0 atom stereocenters. The predicted octanol–water partition coefficient (Wildman–Crippen LogP) is 7.96. The van der Waals surface area contributed by atoms with Gasteiger partial charge in [0.25, 0.3) is 27.5 Å². The summed E-state index contributed by atoms with van der Waals surface area (Å²) >= 11 is 1.36.